The molecule has 1 unspecified atom stereocenters. The molecule has 1 aliphatic rings. The number of ether oxygens (including phenoxy) is 1. The molecule has 0 aromatic heterocycles. The number of methoxy groups -OCH3 is 1. The number of rotatable bonds is 5. The quantitative estimate of drug-likeness (QED) is 0.838. The van der Waals surface area contributed by atoms with Crippen molar-refractivity contribution in [3.8, 4) is 5.75 Å². The third kappa shape index (κ3) is 3.41. The van der Waals surface area contributed by atoms with Gasteiger partial charge < -0.3 is 14.7 Å². The molecule has 0 radical (unpaired) electrons. The minimum Gasteiger partial charge on any atom is -0.497 e. The Labute approximate surface area is 121 Å². The van der Waals surface area contributed by atoms with Gasteiger partial charge >= 0.3 is 0 Å². The van der Waals surface area contributed by atoms with Crippen molar-refractivity contribution in [2.24, 2.45) is 0 Å². The smallest absolute Gasteiger partial charge is 0.118 e. The Kier molecular flexibility index (Phi) is 4.84. The lowest BCUT2D eigenvalue weighted by molar-refractivity contribution is 0.183. The summed E-state index contributed by atoms with van der Waals surface area (Å²) in [5.74, 6) is 0.885. The summed E-state index contributed by atoms with van der Waals surface area (Å²) in [6.45, 7) is 1.03. The van der Waals surface area contributed by atoms with Crippen molar-refractivity contribution in [1.82, 2.24) is 4.90 Å². The van der Waals surface area contributed by atoms with E-state index in [1.165, 1.54) is 5.56 Å². The van der Waals surface area contributed by atoms with Crippen LogP contribution < -0.4 is 4.74 Å². The molecule has 0 bridgehead atoms. The molecule has 110 valence electrons. The van der Waals surface area contributed by atoms with E-state index in [1.807, 2.05) is 18.2 Å². The standard InChI is InChI=1S/C17H25NO2/c1-18(2)13-12-17(10-8-15(19)9-11-17)14-4-6-16(20-3)7-5-14/h4-8,10,15,19H,9,11-13H2,1-3H3/t15?,17-/m0/s1. The predicted molar refractivity (Wildman–Crippen MR) is 82.2 cm³/mol. The molecule has 0 saturated carbocycles. The summed E-state index contributed by atoms with van der Waals surface area (Å²) in [5, 5.41) is 9.73. The molecular weight excluding hydrogens is 250 g/mol. The molecule has 0 heterocycles. The Balaban J connectivity index is 2.27. The van der Waals surface area contributed by atoms with E-state index in [-0.39, 0.29) is 11.5 Å². The summed E-state index contributed by atoms with van der Waals surface area (Å²) in [7, 11) is 5.89. The molecule has 0 aliphatic heterocycles. The van der Waals surface area contributed by atoms with Crippen LogP contribution >= 0.6 is 0 Å². The number of aliphatic hydroxyl groups excluding tert-OH is 1. The van der Waals surface area contributed by atoms with Gasteiger partial charge in [0.25, 0.3) is 0 Å². The topological polar surface area (TPSA) is 32.7 Å². The highest BCUT2D eigenvalue weighted by atomic mass is 16.5. The van der Waals surface area contributed by atoms with E-state index >= 15 is 0 Å². The van der Waals surface area contributed by atoms with Crippen molar-refractivity contribution in [2.45, 2.75) is 30.8 Å². The van der Waals surface area contributed by atoms with Gasteiger partial charge in [0, 0.05) is 5.41 Å². The maximum atomic E-state index is 9.73. The second-order valence-corrected chi connectivity index (χ2v) is 5.90. The molecule has 1 aromatic carbocycles. The lowest BCUT2D eigenvalue weighted by Crippen LogP contribution is -2.32. The minimum atomic E-state index is -0.291. The summed E-state index contributed by atoms with van der Waals surface area (Å²) < 4.78 is 5.24. The number of aliphatic hydroxyl groups is 1. The zero-order chi connectivity index (χ0) is 14.6. The maximum Gasteiger partial charge on any atom is 0.118 e. The molecular formula is C17H25NO2. The first-order valence-electron chi connectivity index (χ1n) is 7.22. The van der Waals surface area contributed by atoms with Crippen LogP contribution in [0.1, 0.15) is 24.8 Å². The third-order valence-corrected chi connectivity index (χ3v) is 4.19. The number of benzene rings is 1. The first-order valence-corrected chi connectivity index (χ1v) is 7.22. The van der Waals surface area contributed by atoms with E-state index in [4.69, 9.17) is 4.74 Å². The number of hydrogen-bond acceptors (Lipinski definition) is 3. The van der Waals surface area contributed by atoms with Crippen molar-refractivity contribution in [1.29, 1.82) is 0 Å². The van der Waals surface area contributed by atoms with Gasteiger partial charge in [-0.05, 0) is 57.6 Å². The zero-order valence-electron chi connectivity index (χ0n) is 12.7. The Morgan fingerprint density at radius 3 is 2.50 bits per heavy atom. The fraction of sp³-hybridized carbons (Fsp3) is 0.529. The van der Waals surface area contributed by atoms with Crippen LogP contribution in [0.25, 0.3) is 0 Å². The van der Waals surface area contributed by atoms with Crippen molar-refractivity contribution >= 4 is 0 Å². The fourth-order valence-corrected chi connectivity index (χ4v) is 2.82. The van der Waals surface area contributed by atoms with Crippen LogP contribution in [0, 0.1) is 0 Å². The molecule has 3 nitrogen and oxygen atoms in total. The number of allylic oxidation sites excluding steroid dienone is 1. The van der Waals surface area contributed by atoms with Gasteiger partial charge in [0.2, 0.25) is 0 Å². The van der Waals surface area contributed by atoms with Gasteiger partial charge in [-0.1, -0.05) is 24.3 Å². The van der Waals surface area contributed by atoms with Crippen molar-refractivity contribution < 1.29 is 9.84 Å². The summed E-state index contributed by atoms with van der Waals surface area (Å²) in [6.07, 6.45) is 6.74. The van der Waals surface area contributed by atoms with Gasteiger partial charge in [-0.2, -0.15) is 0 Å². The van der Waals surface area contributed by atoms with Crippen LogP contribution in [0.4, 0.5) is 0 Å². The van der Waals surface area contributed by atoms with Crippen LogP contribution in [-0.4, -0.2) is 43.9 Å². The van der Waals surface area contributed by atoms with Crippen molar-refractivity contribution in [3.63, 3.8) is 0 Å². The first kappa shape index (κ1) is 15.1. The van der Waals surface area contributed by atoms with E-state index in [2.05, 4.69) is 37.2 Å². The first-order chi connectivity index (χ1) is 9.55. The van der Waals surface area contributed by atoms with E-state index in [1.54, 1.807) is 7.11 Å². The second-order valence-electron chi connectivity index (χ2n) is 5.90. The molecule has 1 aliphatic carbocycles. The fourth-order valence-electron chi connectivity index (χ4n) is 2.82. The average molecular weight is 275 g/mol. The van der Waals surface area contributed by atoms with Crippen LogP contribution in [0.5, 0.6) is 5.75 Å². The van der Waals surface area contributed by atoms with Gasteiger partial charge in [-0.25, -0.2) is 0 Å². The molecule has 0 saturated heterocycles. The third-order valence-electron chi connectivity index (χ3n) is 4.19. The highest BCUT2D eigenvalue weighted by Gasteiger charge is 2.32. The Morgan fingerprint density at radius 1 is 1.30 bits per heavy atom. The van der Waals surface area contributed by atoms with Crippen LogP contribution in [-0.2, 0) is 5.41 Å². The lowest BCUT2D eigenvalue weighted by Gasteiger charge is -2.36. The number of nitrogens with zero attached hydrogens (tertiary/aromatic N) is 1. The molecule has 1 N–H and O–H groups in total. The maximum absolute atomic E-state index is 9.73. The number of hydrogen-bond donors (Lipinski definition) is 1. The molecule has 0 fully saturated rings. The van der Waals surface area contributed by atoms with Crippen LogP contribution in [0.15, 0.2) is 36.4 Å². The highest BCUT2D eigenvalue weighted by Crippen LogP contribution is 2.38. The summed E-state index contributed by atoms with van der Waals surface area (Å²) >= 11 is 0. The van der Waals surface area contributed by atoms with Gasteiger partial charge in [0.05, 0.1) is 13.2 Å². The Morgan fingerprint density at radius 2 is 2.00 bits per heavy atom. The molecule has 2 rings (SSSR count). The Bertz CT molecular complexity index is 453. The van der Waals surface area contributed by atoms with Gasteiger partial charge in [0.1, 0.15) is 5.75 Å². The van der Waals surface area contributed by atoms with Gasteiger partial charge in [-0.3, -0.25) is 0 Å². The monoisotopic (exact) mass is 275 g/mol. The van der Waals surface area contributed by atoms with Crippen LogP contribution in [0.2, 0.25) is 0 Å². The molecule has 0 amide bonds. The second kappa shape index (κ2) is 6.42. The van der Waals surface area contributed by atoms with Crippen molar-refractivity contribution in [3.05, 3.63) is 42.0 Å². The summed E-state index contributed by atoms with van der Waals surface area (Å²) in [4.78, 5) is 2.21. The molecule has 2 atom stereocenters. The zero-order valence-corrected chi connectivity index (χ0v) is 12.7. The predicted octanol–water partition coefficient (Wildman–Crippen LogP) is 2.60. The Hall–Kier alpha value is -1.32. The van der Waals surface area contributed by atoms with E-state index < -0.39 is 0 Å². The van der Waals surface area contributed by atoms with Gasteiger partial charge in [-0.15, -0.1) is 0 Å². The molecule has 0 spiro atoms. The average Bonchev–Trinajstić information content (AvgIpc) is 2.47. The lowest BCUT2D eigenvalue weighted by atomic mass is 9.70. The highest BCUT2D eigenvalue weighted by molar-refractivity contribution is 5.37. The molecule has 20 heavy (non-hydrogen) atoms. The minimum absolute atomic E-state index is 0.0375. The summed E-state index contributed by atoms with van der Waals surface area (Å²) in [6, 6.07) is 8.34. The van der Waals surface area contributed by atoms with E-state index in [9.17, 15) is 5.11 Å². The largest absolute Gasteiger partial charge is 0.497 e. The summed E-state index contributed by atoms with van der Waals surface area (Å²) in [5.41, 5.74) is 1.35. The van der Waals surface area contributed by atoms with Crippen molar-refractivity contribution in [2.75, 3.05) is 27.7 Å². The normalized spacial score (nSPS) is 25.9. The van der Waals surface area contributed by atoms with Gasteiger partial charge in [0.15, 0.2) is 0 Å². The molecule has 3 heteroatoms. The SMILES string of the molecule is COc1ccc([C@@]2(CCN(C)C)C=CC(O)CC2)cc1. The van der Waals surface area contributed by atoms with E-state index in [0.717, 1.165) is 31.6 Å². The van der Waals surface area contributed by atoms with Crippen LogP contribution in [0.3, 0.4) is 0 Å². The van der Waals surface area contributed by atoms with E-state index in [0.29, 0.717) is 0 Å². The molecule has 1 aromatic rings.